The van der Waals surface area contributed by atoms with Gasteiger partial charge < -0.3 is 10.3 Å². The Morgan fingerprint density at radius 3 is 2.70 bits per heavy atom. The van der Waals surface area contributed by atoms with Crippen LogP contribution in [0, 0.1) is 5.82 Å². The van der Waals surface area contributed by atoms with Crippen LogP contribution in [0.1, 0.15) is 36.8 Å². The minimum Gasteiger partial charge on any atom is -0.356 e. The highest BCUT2D eigenvalue weighted by Crippen LogP contribution is 2.17. The zero-order valence-electron chi connectivity index (χ0n) is 15.3. The van der Waals surface area contributed by atoms with Gasteiger partial charge in [-0.3, -0.25) is 9.59 Å². The molecule has 0 saturated carbocycles. The number of hydrogen-bond donors (Lipinski definition) is 2. The lowest BCUT2D eigenvalue weighted by Gasteiger charge is -2.12. The van der Waals surface area contributed by atoms with Gasteiger partial charge in [0.25, 0.3) is 5.56 Å². The van der Waals surface area contributed by atoms with Crippen molar-refractivity contribution in [1.29, 1.82) is 0 Å². The second kappa shape index (κ2) is 8.62. The average Bonchev–Trinajstić information content (AvgIpc) is 2.67. The van der Waals surface area contributed by atoms with Crippen molar-refractivity contribution in [2.45, 2.75) is 32.1 Å². The molecule has 0 bridgehead atoms. The minimum atomic E-state index is -0.394. The molecule has 140 valence electrons. The fraction of sp³-hybridized carbons (Fsp3) is 0.273. The maximum atomic E-state index is 13.2. The molecule has 3 aromatic rings. The highest BCUT2D eigenvalue weighted by Gasteiger charge is 2.09. The topological polar surface area (TPSA) is 62.0 Å². The van der Waals surface area contributed by atoms with E-state index in [1.54, 1.807) is 12.1 Å². The lowest BCUT2D eigenvalue weighted by molar-refractivity contribution is -0.121. The first-order chi connectivity index (χ1) is 13.0. The van der Waals surface area contributed by atoms with Crippen molar-refractivity contribution < 1.29 is 9.18 Å². The van der Waals surface area contributed by atoms with Crippen molar-refractivity contribution in [3.8, 4) is 0 Å². The van der Waals surface area contributed by atoms with Crippen LogP contribution in [0.5, 0.6) is 0 Å². The van der Waals surface area contributed by atoms with E-state index in [2.05, 4.69) is 29.4 Å². The Bertz CT molecular complexity index is 983. The molecule has 4 nitrogen and oxygen atoms in total. The minimum absolute atomic E-state index is 0.0751. The van der Waals surface area contributed by atoms with E-state index in [1.165, 1.54) is 17.7 Å². The number of aryl methyl sites for hydroxylation is 1. The van der Waals surface area contributed by atoms with Gasteiger partial charge in [-0.05, 0) is 54.0 Å². The molecule has 3 rings (SSSR count). The molecule has 0 aliphatic heterocycles. The number of hydrogen-bond acceptors (Lipinski definition) is 2. The molecule has 0 aliphatic carbocycles. The smallest absolute Gasteiger partial charge is 0.251 e. The van der Waals surface area contributed by atoms with E-state index in [0.29, 0.717) is 30.0 Å². The standard InChI is InChI=1S/C22H23FN2O2/c1-15(16-5-3-2-4-6-16)11-12-24-21(26)10-8-18-13-17-7-9-19(23)14-20(17)25-22(18)27/h2-7,9,13-15H,8,10-12H2,1H3,(H,24,26)(H,25,27). The van der Waals surface area contributed by atoms with Gasteiger partial charge in [-0.15, -0.1) is 0 Å². The molecule has 1 aromatic heterocycles. The number of aromatic nitrogens is 1. The normalized spacial score (nSPS) is 12.1. The summed E-state index contributed by atoms with van der Waals surface area (Å²) < 4.78 is 13.2. The van der Waals surface area contributed by atoms with Gasteiger partial charge in [-0.2, -0.15) is 0 Å². The SMILES string of the molecule is CC(CCNC(=O)CCc1cc2ccc(F)cc2[nH]c1=O)c1ccccc1. The van der Waals surface area contributed by atoms with Gasteiger partial charge in [-0.1, -0.05) is 37.3 Å². The van der Waals surface area contributed by atoms with Crippen molar-refractivity contribution in [2.24, 2.45) is 0 Å². The number of benzene rings is 2. The first-order valence-corrected chi connectivity index (χ1v) is 9.16. The molecule has 0 fully saturated rings. The average molecular weight is 366 g/mol. The fourth-order valence-corrected chi connectivity index (χ4v) is 3.12. The summed E-state index contributed by atoms with van der Waals surface area (Å²) in [4.78, 5) is 26.9. The molecule has 27 heavy (non-hydrogen) atoms. The van der Waals surface area contributed by atoms with Crippen molar-refractivity contribution in [3.05, 3.63) is 81.9 Å². The summed E-state index contributed by atoms with van der Waals surface area (Å²) in [6.07, 6.45) is 1.45. The summed E-state index contributed by atoms with van der Waals surface area (Å²) in [7, 11) is 0. The summed E-state index contributed by atoms with van der Waals surface area (Å²) >= 11 is 0. The van der Waals surface area contributed by atoms with Gasteiger partial charge in [0, 0.05) is 18.5 Å². The Balaban J connectivity index is 1.50. The lowest BCUT2D eigenvalue weighted by atomic mass is 9.98. The molecule has 2 aromatic carbocycles. The number of H-pyrrole nitrogens is 1. The van der Waals surface area contributed by atoms with Gasteiger partial charge in [-0.25, -0.2) is 4.39 Å². The third kappa shape index (κ3) is 5.03. The van der Waals surface area contributed by atoms with Crippen LogP contribution in [-0.4, -0.2) is 17.4 Å². The number of carbonyl (C=O) groups is 1. The third-order valence-corrected chi connectivity index (χ3v) is 4.77. The van der Waals surface area contributed by atoms with E-state index in [0.717, 1.165) is 11.8 Å². The summed E-state index contributed by atoms with van der Waals surface area (Å²) in [6, 6.07) is 16.2. The Hall–Kier alpha value is -2.95. The van der Waals surface area contributed by atoms with Crippen LogP contribution in [0.15, 0.2) is 59.4 Å². The molecule has 0 spiro atoms. The number of amides is 1. The van der Waals surface area contributed by atoms with Crippen LogP contribution < -0.4 is 10.9 Å². The maximum absolute atomic E-state index is 13.2. The predicted octanol–water partition coefficient (Wildman–Crippen LogP) is 3.91. The van der Waals surface area contributed by atoms with Gasteiger partial charge in [0.15, 0.2) is 0 Å². The van der Waals surface area contributed by atoms with E-state index in [-0.39, 0.29) is 17.9 Å². The summed E-state index contributed by atoms with van der Waals surface area (Å²) in [5.41, 5.74) is 1.97. The Morgan fingerprint density at radius 1 is 1.15 bits per heavy atom. The molecule has 5 heteroatoms. The molecule has 0 radical (unpaired) electrons. The second-order valence-electron chi connectivity index (χ2n) is 6.81. The van der Waals surface area contributed by atoms with Gasteiger partial charge >= 0.3 is 0 Å². The lowest BCUT2D eigenvalue weighted by Crippen LogP contribution is -2.26. The van der Waals surface area contributed by atoms with Crippen LogP contribution in [0.25, 0.3) is 10.9 Å². The zero-order chi connectivity index (χ0) is 19.2. The van der Waals surface area contributed by atoms with Crippen LogP contribution >= 0.6 is 0 Å². The van der Waals surface area contributed by atoms with Gasteiger partial charge in [0.05, 0.1) is 5.52 Å². The number of fused-ring (bicyclic) bond motifs is 1. The quantitative estimate of drug-likeness (QED) is 0.666. The molecule has 1 amide bonds. The number of halogens is 1. The summed E-state index contributed by atoms with van der Waals surface area (Å²) in [5, 5.41) is 3.67. The highest BCUT2D eigenvalue weighted by molar-refractivity contribution is 5.79. The molecular weight excluding hydrogens is 343 g/mol. The first-order valence-electron chi connectivity index (χ1n) is 9.16. The number of carbonyl (C=O) groups excluding carboxylic acids is 1. The summed E-state index contributed by atoms with van der Waals surface area (Å²) in [5.74, 6) is -0.0981. The fourth-order valence-electron chi connectivity index (χ4n) is 3.12. The Labute approximate surface area is 157 Å². The van der Waals surface area contributed by atoms with E-state index in [9.17, 15) is 14.0 Å². The Morgan fingerprint density at radius 2 is 1.93 bits per heavy atom. The number of pyridine rings is 1. The van der Waals surface area contributed by atoms with Crippen molar-refractivity contribution in [1.82, 2.24) is 10.3 Å². The number of aromatic amines is 1. The molecule has 0 aliphatic rings. The molecule has 1 heterocycles. The van der Waals surface area contributed by atoms with E-state index in [4.69, 9.17) is 0 Å². The number of nitrogens with one attached hydrogen (secondary N) is 2. The molecular formula is C22H23FN2O2. The summed E-state index contributed by atoms with van der Waals surface area (Å²) in [6.45, 7) is 2.74. The van der Waals surface area contributed by atoms with Gasteiger partial charge in [0.2, 0.25) is 5.91 Å². The van der Waals surface area contributed by atoms with Crippen LogP contribution in [0.2, 0.25) is 0 Å². The predicted molar refractivity (Wildman–Crippen MR) is 105 cm³/mol. The second-order valence-corrected chi connectivity index (χ2v) is 6.81. The zero-order valence-corrected chi connectivity index (χ0v) is 15.3. The largest absolute Gasteiger partial charge is 0.356 e. The first kappa shape index (κ1) is 18.8. The maximum Gasteiger partial charge on any atom is 0.251 e. The highest BCUT2D eigenvalue weighted by atomic mass is 19.1. The molecule has 1 atom stereocenters. The number of rotatable bonds is 7. The monoisotopic (exact) mass is 366 g/mol. The Kier molecular flexibility index (Phi) is 6.01. The molecule has 0 saturated heterocycles. The van der Waals surface area contributed by atoms with Crippen molar-refractivity contribution in [3.63, 3.8) is 0 Å². The van der Waals surface area contributed by atoms with E-state index >= 15 is 0 Å². The molecule has 2 N–H and O–H groups in total. The van der Waals surface area contributed by atoms with E-state index < -0.39 is 5.82 Å². The van der Waals surface area contributed by atoms with Crippen molar-refractivity contribution in [2.75, 3.05) is 6.54 Å². The van der Waals surface area contributed by atoms with E-state index in [1.807, 2.05) is 18.2 Å². The molecule has 1 unspecified atom stereocenters. The van der Waals surface area contributed by atoms with Gasteiger partial charge in [0.1, 0.15) is 5.82 Å². The third-order valence-electron chi connectivity index (χ3n) is 4.77. The van der Waals surface area contributed by atoms with Crippen LogP contribution in [-0.2, 0) is 11.2 Å². The van der Waals surface area contributed by atoms with Crippen molar-refractivity contribution >= 4 is 16.8 Å². The van der Waals surface area contributed by atoms with Crippen LogP contribution in [0.3, 0.4) is 0 Å². The van der Waals surface area contributed by atoms with Crippen LogP contribution in [0.4, 0.5) is 4.39 Å².